The van der Waals surface area contributed by atoms with Crippen LogP contribution in [0.1, 0.15) is 11.1 Å². The molecule has 0 aromatic heterocycles. The fraction of sp³-hybridized carbons (Fsp3) is 0.333. The van der Waals surface area contributed by atoms with E-state index in [1.807, 2.05) is 0 Å². The number of aliphatic hydroxyl groups excluding tert-OH is 1. The van der Waals surface area contributed by atoms with Gasteiger partial charge in [0.25, 0.3) is 0 Å². The molecule has 78 valence electrons. The van der Waals surface area contributed by atoms with Crippen LogP contribution in [0.3, 0.4) is 0 Å². The number of methoxy groups -OCH3 is 1. The first kappa shape index (κ1) is 11.9. The zero-order valence-corrected chi connectivity index (χ0v) is 9.70. The average Bonchev–Trinajstić information content (AvgIpc) is 2.15. The predicted octanol–water partition coefficient (Wildman–Crippen LogP) is 3.01. The second-order valence-corrected chi connectivity index (χ2v) is 4.96. The summed E-state index contributed by atoms with van der Waals surface area (Å²) in [5.41, 5.74) is 1.01. The number of ether oxygens (including phenoxy) is 1. The Balaban J connectivity index is 3.22. The van der Waals surface area contributed by atoms with E-state index in [0.717, 1.165) is 0 Å². The lowest BCUT2D eigenvalue weighted by Crippen LogP contribution is -2.05. The molecule has 2 nitrogen and oxygen atoms in total. The third-order valence-corrected chi connectivity index (χ3v) is 2.40. The Morgan fingerprint density at radius 2 is 2.00 bits per heavy atom. The topological polar surface area (TPSA) is 29.5 Å². The minimum absolute atomic E-state index is 0.173. The maximum atomic E-state index is 9.03. The van der Waals surface area contributed by atoms with Crippen LogP contribution < -0.4 is 4.74 Å². The summed E-state index contributed by atoms with van der Waals surface area (Å²) in [6.07, 6.45) is 0. The summed E-state index contributed by atoms with van der Waals surface area (Å²) in [6, 6.07) is 4.96. The summed E-state index contributed by atoms with van der Waals surface area (Å²) in [5, 5.41) is 9.03. The maximum absolute atomic E-state index is 9.03. The number of alkyl halides is 3. The summed E-state index contributed by atoms with van der Waals surface area (Å²) in [6.45, 7) is -0.173. The molecule has 0 radical (unpaired) electrons. The third-order valence-electron chi connectivity index (χ3n) is 1.79. The van der Waals surface area contributed by atoms with Gasteiger partial charge in [-0.2, -0.15) is 0 Å². The van der Waals surface area contributed by atoms with E-state index in [1.54, 1.807) is 18.2 Å². The van der Waals surface area contributed by atoms with E-state index in [0.29, 0.717) is 16.9 Å². The van der Waals surface area contributed by atoms with Crippen LogP contribution in [0, 0.1) is 0 Å². The van der Waals surface area contributed by atoms with E-state index < -0.39 is 3.79 Å². The van der Waals surface area contributed by atoms with Crippen molar-refractivity contribution in [3.63, 3.8) is 0 Å². The molecule has 1 aromatic carbocycles. The first-order chi connectivity index (χ1) is 6.49. The maximum Gasteiger partial charge on any atom is 0.216 e. The molecule has 1 aromatic rings. The van der Waals surface area contributed by atoms with E-state index in [4.69, 9.17) is 44.6 Å². The zero-order valence-electron chi connectivity index (χ0n) is 7.43. The van der Waals surface area contributed by atoms with Gasteiger partial charge in [-0.05, 0) is 17.7 Å². The zero-order chi connectivity index (χ0) is 10.8. The van der Waals surface area contributed by atoms with Crippen molar-refractivity contribution in [3.05, 3.63) is 29.3 Å². The van der Waals surface area contributed by atoms with E-state index >= 15 is 0 Å². The Kier molecular flexibility index (Phi) is 3.90. The smallest absolute Gasteiger partial charge is 0.216 e. The van der Waals surface area contributed by atoms with Gasteiger partial charge in [-0.1, -0.05) is 40.9 Å². The highest BCUT2D eigenvalue weighted by Crippen LogP contribution is 2.41. The minimum Gasteiger partial charge on any atom is -0.497 e. The summed E-state index contributed by atoms with van der Waals surface area (Å²) < 4.78 is 3.44. The fourth-order valence-electron chi connectivity index (χ4n) is 1.08. The van der Waals surface area contributed by atoms with Gasteiger partial charge in [-0.3, -0.25) is 0 Å². The molecular weight excluding hydrogens is 246 g/mol. The molecule has 0 aliphatic heterocycles. The van der Waals surface area contributed by atoms with Gasteiger partial charge in [0.2, 0.25) is 3.79 Å². The van der Waals surface area contributed by atoms with Crippen LogP contribution in [0.2, 0.25) is 0 Å². The van der Waals surface area contributed by atoms with Gasteiger partial charge in [-0.25, -0.2) is 0 Å². The molecule has 1 N–H and O–H groups in total. The van der Waals surface area contributed by atoms with Crippen molar-refractivity contribution in [2.45, 2.75) is 10.4 Å². The van der Waals surface area contributed by atoms with Gasteiger partial charge in [0.1, 0.15) is 5.75 Å². The number of hydrogen-bond acceptors (Lipinski definition) is 2. The molecule has 0 unspecified atom stereocenters. The number of benzene rings is 1. The Morgan fingerprint density at radius 3 is 2.43 bits per heavy atom. The Labute approximate surface area is 97.3 Å². The van der Waals surface area contributed by atoms with Crippen LogP contribution in [0.4, 0.5) is 0 Å². The van der Waals surface area contributed by atoms with Crippen molar-refractivity contribution in [1.29, 1.82) is 0 Å². The van der Waals surface area contributed by atoms with E-state index in [1.165, 1.54) is 7.11 Å². The summed E-state index contributed by atoms with van der Waals surface area (Å²) in [5.74, 6) is 0.587. The molecule has 14 heavy (non-hydrogen) atoms. The number of hydrogen-bond donors (Lipinski definition) is 1. The van der Waals surface area contributed by atoms with Gasteiger partial charge in [0.15, 0.2) is 0 Å². The van der Waals surface area contributed by atoms with Gasteiger partial charge in [-0.15, -0.1) is 0 Å². The molecule has 5 heteroatoms. The number of aliphatic hydroxyl groups is 1. The van der Waals surface area contributed by atoms with Crippen molar-refractivity contribution in [2.24, 2.45) is 0 Å². The van der Waals surface area contributed by atoms with Crippen LogP contribution in [0.15, 0.2) is 18.2 Å². The Hall–Kier alpha value is -0.150. The standard InChI is InChI=1S/C9H9Cl3O2/c1-14-7-3-2-6(5-13)8(4-7)9(10,11)12/h2-4,13H,5H2,1H3. The molecular formula is C9H9Cl3O2. The van der Waals surface area contributed by atoms with Crippen molar-refractivity contribution < 1.29 is 9.84 Å². The van der Waals surface area contributed by atoms with Crippen molar-refractivity contribution in [2.75, 3.05) is 7.11 Å². The largest absolute Gasteiger partial charge is 0.497 e. The molecule has 0 aliphatic carbocycles. The summed E-state index contributed by atoms with van der Waals surface area (Å²) in [4.78, 5) is 0. The molecule has 0 saturated carbocycles. The van der Waals surface area contributed by atoms with E-state index in [-0.39, 0.29) is 6.61 Å². The molecule has 0 atom stereocenters. The van der Waals surface area contributed by atoms with Crippen LogP contribution in [0.5, 0.6) is 5.75 Å². The monoisotopic (exact) mass is 254 g/mol. The second-order valence-electron chi connectivity index (χ2n) is 2.68. The lowest BCUT2D eigenvalue weighted by Gasteiger charge is -2.16. The predicted molar refractivity (Wildman–Crippen MR) is 58.2 cm³/mol. The number of halogens is 3. The van der Waals surface area contributed by atoms with Crippen molar-refractivity contribution in [3.8, 4) is 5.75 Å². The molecule has 0 saturated heterocycles. The molecule has 0 amide bonds. The highest BCUT2D eigenvalue weighted by molar-refractivity contribution is 6.66. The molecule has 0 aliphatic rings. The molecule has 0 spiro atoms. The third kappa shape index (κ3) is 2.67. The Bertz CT molecular complexity index is 320. The van der Waals surface area contributed by atoms with Gasteiger partial charge in [0.05, 0.1) is 13.7 Å². The van der Waals surface area contributed by atoms with Crippen LogP contribution >= 0.6 is 34.8 Å². The molecule has 0 fully saturated rings. The molecule has 1 rings (SSSR count). The minimum atomic E-state index is -1.55. The summed E-state index contributed by atoms with van der Waals surface area (Å²) in [7, 11) is 1.52. The highest BCUT2D eigenvalue weighted by atomic mass is 35.6. The van der Waals surface area contributed by atoms with Gasteiger partial charge in [0, 0.05) is 5.56 Å². The van der Waals surface area contributed by atoms with Crippen molar-refractivity contribution in [1.82, 2.24) is 0 Å². The van der Waals surface area contributed by atoms with Crippen molar-refractivity contribution >= 4 is 34.8 Å². The molecule has 0 heterocycles. The van der Waals surface area contributed by atoms with Crippen LogP contribution in [-0.2, 0) is 10.4 Å². The second kappa shape index (κ2) is 4.58. The SMILES string of the molecule is COc1ccc(CO)c(C(Cl)(Cl)Cl)c1. The lowest BCUT2D eigenvalue weighted by atomic mass is 10.1. The van der Waals surface area contributed by atoms with Crippen LogP contribution in [0.25, 0.3) is 0 Å². The quantitative estimate of drug-likeness (QED) is 0.823. The van der Waals surface area contributed by atoms with Gasteiger partial charge >= 0.3 is 0 Å². The van der Waals surface area contributed by atoms with E-state index in [2.05, 4.69) is 0 Å². The summed E-state index contributed by atoms with van der Waals surface area (Å²) >= 11 is 17.2. The van der Waals surface area contributed by atoms with Crippen LogP contribution in [-0.4, -0.2) is 12.2 Å². The highest BCUT2D eigenvalue weighted by Gasteiger charge is 2.26. The normalized spacial score (nSPS) is 11.5. The Morgan fingerprint density at radius 1 is 1.36 bits per heavy atom. The number of rotatable bonds is 2. The molecule has 0 bridgehead atoms. The first-order valence-electron chi connectivity index (χ1n) is 3.84. The average molecular weight is 256 g/mol. The lowest BCUT2D eigenvalue weighted by molar-refractivity contribution is 0.280. The van der Waals surface area contributed by atoms with E-state index in [9.17, 15) is 0 Å². The van der Waals surface area contributed by atoms with Gasteiger partial charge < -0.3 is 9.84 Å². The fourth-order valence-corrected chi connectivity index (χ4v) is 1.61. The first-order valence-corrected chi connectivity index (χ1v) is 4.97.